The van der Waals surface area contributed by atoms with Crippen LogP contribution in [0.3, 0.4) is 0 Å². The molecule has 0 nitrogen and oxygen atoms in total. The van der Waals surface area contributed by atoms with E-state index in [2.05, 4.69) is 90.3 Å². The predicted octanol–water partition coefficient (Wildman–Crippen LogP) is 12.5. The first-order chi connectivity index (χ1) is 23.4. The molecule has 1 aromatic heterocycles. The molecule has 43 heavy (non-hydrogen) atoms. The Balaban J connectivity index is 1.38. The fraction of sp³-hybridized carbons (Fsp3) is 0. The van der Waals surface area contributed by atoms with E-state index in [0.717, 1.165) is 38.8 Å². The van der Waals surface area contributed by atoms with Crippen LogP contribution in [0.5, 0.6) is 0 Å². The van der Waals surface area contributed by atoms with E-state index in [-0.39, 0.29) is 35.6 Å². The van der Waals surface area contributed by atoms with Crippen molar-refractivity contribution in [3.8, 4) is 33.4 Å². The van der Waals surface area contributed by atoms with Crippen LogP contribution in [0.2, 0.25) is 0 Å². The van der Waals surface area contributed by atoms with Gasteiger partial charge in [0.05, 0.1) is 6.85 Å². The van der Waals surface area contributed by atoms with Gasteiger partial charge in [0.1, 0.15) is 0 Å². The zero-order valence-corrected chi connectivity index (χ0v) is 23.8. The van der Waals surface area contributed by atoms with Crippen molar-refractivity contribution in [2.75, 3.05) is 0 Å². The Morgan fingerprint density at radius 1 is 0.442 bits per heavy atom. The molecule has 0 saturated heterocycles. The fourth-order valence-corrected chi connectivity index (χ4v) is 7.65. The first-order valence-electron chi connectivity index (χ1n) is 16.9. The molecule has 0 amide bonds. The van der Waals surface area contributed by atoms with Crippen LogP contribution >= 0.6 is 11.3 Å². The molecule has 9 aromatic rings. The van der Waals surface area contributed by atoms with Crippen LogP contribution in [0, 0.1) is 0 Å². The smallest absolute Gasteiger partial charge is 0.0636 e. The van der Waals surface area contributed by atoms with Crippen LogP contribution in [0.15, 0.2) is 157 Å². The molecule has 8 aromatic carbocycles. The largest absolute Gasteiger partial charge is 0.142 e. The van der Waals surface area contributed by atoms with Gasteiger partial charge in [-0.2, -0.15) is 0 Å². The van der Waals surface area contributed by atoms with Crippen LogP contribution in [0.25, 0.3) is 86.6 Å². The van der Waals surface area contributed by atoms with Crippen LogP contribution in [-0.2, 0) is 0 Å². The van der Waals surface area contributed by atoms with Gasteiger partial charge in [-0.1, -0.05) is 139 Å². The number of thiophene rings is 1. The minimum Gasteiger partial charge on any atom is -0.142 e. The molecule has 0 spiro atoms. The monoisotopic (exact) mass is 567 g/mol. The molecular formula is C42H26S. The van der Waals surface area contributed by atoms with E-state index in [1.807, 2.05) is 36.4 Å². The Bertz CT molecular complexity index is 2780. The second-order valence-corrected chi connectivity index (χ2v) is 11.8. The molecule has 0 aliphatic heterocycles. The van der Waals surface area contributed by atoms with Crippen molar-refractivity contribution in [2.24, 2.45) is 0 Å². The lowest BCUT2D eigenvalue weighted by atomic mass is 9.85. The van der Waals surface area contributed by atoms with Gasteiger partial charge >= 0.3 is 0 Å². The number of rotatable bonds is 3. The summed E-state index contributed by atoms with van der Waals surface area (Å²) < 4.78 is 44.9. The van der Waals surface area contributed by atoms with E-state index in [0.29, 0.717) is 10.8 Å². The lowest BCUT2D eigenvalue weighted by Gasteiger charge is -2.18. The number of hydrogen-bond donors (Lipinski definition) is 0. The zero-order valence-electron chi connectivity index (χ0n) is 28.0. The van der Waals surface area contributed by atoms with Gasteiger partial charge in [0, 0.05) is 21.0 Å². The van der Waals surface area contributed by atoms with Crippen molar-refractivity contribution in [1.82, 2.24) is 0 Å². The van der Waals surface area contributed by atoms with Gasteiger partial charge in [-0.05, 0) is 83.0 Å². The first kappa shape index (κ1) is 19.8. The highest BCUT2D eigenvalue weighted by Crippen LogP contribution is 2.47. The molecule has 0 fully saturated rings. The van der Waals surface area contributed by atoms with Crippen LogP contribution in [-0.4, -0.2) is 0 Å². The number of benzene rings is 8. The summed E-state index contributed by atoms with van der Waals surface area (Å²) in [6.07, 6.45) is 0. The highest BCUT2D eigenvalue weighted by Gasteiger charge is 2.19. The van der Waals surface area contributed by atoms with E-state index < -0.39 is 0 Å². The van der Waals surface area contributed by atoms with Crippen LogP contribution < -0.4 is 0 Å². The van der Waals surface area contributed by atoms with E-state index in [9.17, 15) is 1.37 Å². The van der Waals surface area contributed by atoms with Crippen molar-refractivity contribution in [1.29, 1.82) is 0 Å². The topological polar surface area (TPSA) is 0 Å². The summed E-state index contributed by atoms with van der Waals surface area (Å²) in [7, 11) is 0. The Morgan fingerprint density at radius 3 is 2.07 bits per heavy atom. The van der Waals surface area contributed by atoms with Gasteiger partial charge in [0.25, 0.3) is 0 Å². The Labute approximate surface area is 261 Å². The van der Waals surface area contributed by atoms with Gasteiger partial charge in [0.15, 0.2) is 0 Å². The molecule has 0 unspecified atom stereocenters. The summed E-state index contributed by atoms with van der Waals surface area (Å²) in [5.41, 5.74) is 5.97. The van der Waals surface area contributed by atoms with E-state index in [1.165, 1.54) is 31.6 Å². The average molecular weight is 568 g/mol. The van der Waals surface area contributed by atoms with Crippen molar-refractivity contribution in [2.45, 2.75) is 0 Å². The second-order valence-electron chi connectivity index (χ2n) is 10.9. The maximum Gasteiger partial charge on any atom is 0.0636 e. The minimum atomic E-state index is -0.328. The Kier molecular flexibility index (Phi) is 4.45. The average Bonchev–Trinajstić information content (AvgIpc) is 3.57. The van der Waals surface area contributed by atoms with Gasteiger partial charge in [-0.15, -0.1) is 11.3 Å². The van der Waals surface area contributed by atoms with Crippen molar-refractivity contribution >= 4 is 64.5 Å². The quantitative estimate of drug-likeness (QED) is 0.147. The SMILES string of the molecule is [2H]c1c([2H])c([2H])c2c([2H])c3c(-c4ccccc4-c4csc5c4ccc4c6ccccc6ccc45)c(-c4ccccc4)ccc3cc2c1[2H]. The molecule has 9 rings (SSSR count). The van der Waals surface area contributed by atoms with E-state index in [1.54, 1.807) is 11.3 Å². The summed E-state index contributed by atoms with van der Waals surface area (Å²) in [5.74, 6) is 0. The molecule has 0 aliphatic carbocycles. The van der Waals surface area contributed by atoms with Crippen LogP contribution in [0.1, 0.15) is 6.85 Å². The van der Waals surface area contributed by atoms with Crippen molar-refractivity contribution < 1.29 is 6.85 Å². The normalized spacial score (nSPS) is 13.3. The number of fused-ring (bicyclic) bond motifs is 7. The lowest BCUT2D eigenvalue weighted by Crippen LogP contribution is -1.91. The highest BCUT2D eigenvalue weighted by molar-refractivity contribution is 7.18. The first-order valence-corrected chi connectivity index (χ1v) is 15.2. The molecule has 0 N–H and O–H groups in total. The molecule has 0 aliphatic rings. The van der Waals surface area contributed by atoms with Crippen LogP contribution in [0.4, 0.5) is 0 Å². The molecule has 200 valence electrons. The summed E-state index contributed by atoms with van der Waals surface area (Å²) in [6.45, 7) is 0. The highest BCUT2D eigenvalue weighted by atomic mass is 32.1. The molecule has 0 bridgehead atoms. The van der Waals surface area contributed by atoms with Gasteiger partial charge in [-0.3, -0.25) is 0 Å². The van der Waals surface area contributed by atoms with Gasteiger partial charge in [-0.25, -0.2) is 0 Å². The lowest BCUT2D eigenvalue weighted by molar-refractivity contribution is 1.61. The van der Waals surface area contributed by atoms with Crippen molar-refractivity contribution in [3.63, 3.8) is 0 Å². The molecule has 1 heteroatoms. The standard InChI is InChI=1S/C42H26S/c1-2-10-27(11-3-1)33-20-19-31-24-29-13-4-5-14-30(29)25-39(31)41(33)36-17-9-8-16-34(36)40-26-43-42-37-21-18-28-12-6-7-15-32(28)35(37)22-23-38(40)42/h1-26H/i4D,5D,13D,14D,25D. The Hall–Kier alpha value is -5.24. The third-order valence-electron chi connectivity index (χ3n) is 8.54. The molecular weight excluding hydrogens is 537 g/mol. The summed E-state index contributed by atoms with van der Waals surface area (Å²) in [4.78, 5) is 0. The molecule has 1 heterocycles. The van der Waals surface area contributed by atoms with E-state index >= 15 is 0 Å². The maximum absolute atomic E-state index is 9.57. The van der Waals surface area contributed by atoms with E-state index in [4.69, 9.17) is 5.48 Å². The van der Waals surface area contributed by atoms with Gasteiger partial charge < -0.3 is 0 Å². The maximum atomic E-state index is 9.57. The minimum absolute atomic E-state index is 0.102. The molecule has 0 saturated carbocycles. The Morgan fingerprint density at radius 2 is 1.16 bits per heavy atom. The molecule has 0 radical (unpaired) electrons. The predicted molar refractivity (Wildman–Crippen MR) is 188 cm³/mol. The van der Waals surface area contributed by atoms with Crippen molar-refractivity contribution in [3.05, 3.63) is 157 Å². The van der Waals surface area contributed by atoms with Gasteiger partial charge in [0.2, 0.25) is 0 Å². The summed E-state index contributed by atoms with van der Waals surface area (Å²) in [6, 6.07) is 40.9. The number of hydrogen-bond acceptors (Lipinski definition) is 1. The molecule has 0 atom stereocenters. The third-order valence-corrected chi connectivity index (χ3v) is 9.57. The summed E-state index contributed by atoms with van der Waals surface area (Å²) >= 11 is 1.75. The fourth-order valence-electron chi connectivity index (χ4n) is 6.55. The third kappa shape index (κ3) is 3.82. The summed E-state index contributed by atoms with van der Waals surface area (Å²) in [5, 5.41) is 10.3. The zero-order chi connectivity index (χ0) is 32.7. The second kappa shape index (κ2) is 9.66.